The van der Waals surface area contributed by atoms with Crippen LogP contribution in [0.5, 0.6) is 5.88 Å². The highest BCUT2D eigenvalue weighted by Gasteiger charge is 2.17. The lowest BCUT2D eigenvalue weighted by atomic mass is 10.1. The molecule has 0 saturated carbocycles. The van der Waals surface area contributed by atoms with E-state index in [0.29, 0.717) is 5.88 Å². The number of anilines is 1. The fourth-order valence-electron chi connectivity index (χ4n) is 1.10. The van der Waals surface area contributed by atoms with Crippen molar-refractivity contribution >= 4 is 5.82 Å². The van der Waals surface area contributed by atoms with Crippen LogP contribution in [0.15, 0.2) is 6.07 Å². The first-order valence-corrected chi connectivity index (χ1v) is 5.23. The Balaban J connectivity index is 3.01. The number of hydrogen-bond acceptors (Lipinski definition) is 4. The molecule has 4 heteroatoms. The quantitative estimate of drug-likeness (QED) is 0.785. The molecule has 86 valence electrons. The van der Waals surface area contributed by atoms with Gasteiger partial charge in [-0.25, -0.2) is 4.98 Å². The summed E-state index contributed by atoms with van der Waals surface area (Å²) in [6.07, 6.45) is 6.11. The molecule has 0 fully saturated rings. The predicted molar refractivity (Wildman–Crippen MR) is 64.5 cm³/mol. The van der Waals surface area contributed by atoms with Gasteiger partial charge >= 0.3 is 0 Å². The van der Waals surface area contributed by atoms with Crippen LogP contribution in [0.1, 0.15) is 26.6 Å². The smallest absolute Gasteiger partial charge is 0.220 e. The Morgan fingerprint density at radius 3 is 2.69 bits per heavy atom. The molecule has 0 atom stereocenters. The van der Waals surface area contributed by atoms with Gasteiger partial charge in [0.2, 0.25) is 5.88 Å². The number of aryl methyl sites for hydroxylation is 1. The second-order valence-corrected chi connectivity index (χ2v) is 3.87. The van der Waals surface area contributed by atoms with Crippen molar-refractivity contribution < 1.29 is 4.74 Å². The minimum absolute atomic E-state index is 0.499. The van der Waals surface area contributed by atoms with E-state index in [2.05, 4.69) is 21.2 Å². The highest BCUT2D eigenvalue weighted by atomic mass is 16.5. The topological polar surface area (TPSA) is 47.0 Å². The van der Waals surface area contributed by atoms with Crippen molar-refractivity contribution in [1.29, 1.82) is 0 Å². The van der Waals surface area contributed by atoms with E-state index < -0.39 is 5.60 Å². The van der Waals surface area contributed by atoms with Gasteiger partial charge in [0.05, 0.1) is 0 Å². The molecule has 0 aliphatic carbocycles. The number of rotatable bonds is 4. The molecule has 4 nitrogen and oxygen atoms in total. The van der Waals surface area contributed by atoms with E-state index in [0.717, 1.165) is 18.1 Å². The lowest BCUT2D eigenvalue weighted by molar-refractivity contribution is 0.164. The van der Waals surface area contributed by atoms with E-state index in [1.54, 1.807) is 13.1 Å². The second kappa shape index (κ2) is 4.84. The Kier molecular flexibility index (Phi) is 3.73. The van der Waals surface area contributed by atoms with Crippen molar-refractivity contribution in [2.45, 2.75) is 32.8 Å². The third kappa shape index (κ3) is 3.13. The summed E-state index contributed by atoms with van der Waals surface area (Å²) in [6, 6.07) is 1.73. The van der Waals surface area contributed by atoms with Crippen LogP contribution in [-0.2, 0) is 6.42 Å². The number of terminal acetylenes is 1. The largest absolute Gasteiger partial charge is 0.458 e. The van der Waals surface area contributed by atoms with Crippen molar-refractivity contribution in [3.63, 3.8) is 0 Å². The molecule has 0 saturated heterocycles. The van der Waals surface area contributed by atoms with Crippen LogP contribution in [0.25, 0.3) is 0 Å². The van der Waals surface area contributed by atoms with Gasteiger partial charge in [-0.05, 0) is 13.8 Å². The average molecular weight is 219 g/mol. The molecule has 0 spiro atoms. The molecule has 0 amide bonds. The zero-order valence-corrected chi connectivity index (χ0v) is 10.2. The molecule has 0 aromatic carbocycles. The normalized spacial score (nSPS) is 10.7. The van der Waals surface area contributed by atoms with E-state index in [-0.39, 0.29) is 0 Å². The van der Waals surface area contributed by atoms with Crippen LogP contribution in [0.4, 0.5) is 5.82 Å². The number of ether oxygens (including phenoxy) is 1. The Morgan fingerprint density at radius 1 is 1.50 bits per heavy atom. The monoisotopic (exact) mass is 219 g/mol. The maximum absolute atomic E-state index is 5.61. The fraction of sp³-hybridized carbons (Fsp3) is 0.500. The van der Waals surface area contributed by atoms with Crippen LogP contribution in [0.3, 0.4) is 0 Å². The van der Waals surface area contributed by atoms with Gasteiger partial charge in [-0.1, -0.05) is 12.8 Å². The van der Waals surface area contributed by atoms with E-state index in [9.17, 15) is 0 Å². The van der Waals surface area contributed by atoms with Gasteiger partial charge in [0, 0.05) is 19.5 Å². The molecule has 1 N–H and O–H groups in total. The number of nitrogens with one attached hydrogen (secondary N) is 1. The molecule has 0 aliphatic rings. The second-order valence-electron chi connectivity index (χ2n) is 3.87. The van der Waals surface area contributed by atoms with Gasteiger partial charge in [-0.2, -0.15) is 4.98 Å². The lowest BCUT2D eigenvalue weighted by Crippen LogP contribution is -2.26. The van der Waals surface area contributed by atoms with E-state index in [1.165, 1.54) is 0 Å². The molecule has 16 heavy (non-hydrogen) atoms. The molecule has 1 heterocycles. The van der Waals surface area contributed by atoms with E-state index in [4.69, 9.17) is 11.2 Å². The summed E-state index contributed by atoms with van der Waals surface area (Å²) in [6.45, 7) is 5.63. The summed E-state index contributed by atoms with van der Waals surface area (Å²) in [7, 11) is 1.80. The Morgan fingerprint density at radius 2 is 2.19 bits per heavy atom. The first-order chi connectivity index (χ1) is 7.50. The molecular weight excluding hydrogens is 202 g/mol. The number of hydrogen-bond donors (Lipinski definition) is 1. The van der Waals surface area contributed by atoms with Crippen molar-refractivity contribution in [2.24, 2.45) is 0 Å². The van der Waals surface area contributed by atoms with Crippen molar-refractivity contribution in [3.8, 4) is 18.2 Å². The summed E-state index contributed by atoms with van der Waals surface area (Å²) in [5, 5.41) is 2.96. The summed E-state index contributed by atoms with van der Waals surface area (Å²) < 4.78 is 5.61. The summed E-state index contributed by atoms with van der Waals surface area (Å²) in [5.41, 5.74) is -0.662. The number of aromatic nitrogens is 2. The third-order valence-corrected chi connectivity index (χ3v) is 2.03. The van der Waals surface area contributed by atoms with E-state index >= 15 is 0 Å². The summed E-state index contributed by atoms with van der Waals surface area (Å²) in [4.78, 5) is 8.54. The van der Waals surface area contributed by atoms with Crippen molar-refractivity contribution in [3.05, 3.63) is 11.9 Å². The minimum Gasteiger partial charge on any atom is -0.458 e. The zero-order valence-electron chi connectivity index (χ0n) is 10.2. The molecule has 0 bridgehead atoms. The molecule has 0 aliphatic heterocycles. The average Bonchev–Trinajstić information content (AvgIpc) is 2.28. The maximum atomic E-state index is 5.61. The molecule has 0 radical (unpaired) electrons. The SMILES string of the molecule is C#CC(C)(C)Oc1cc(NC)nc(CC)n1. The molecule has 1 rings (SSSR count). The predicted octanol–water partition coefficient (Wildman–Crippen LogP) is 1.87. The summed E-state index contributed by atoms with van der Waals surface area (Å²) in [5.74, 6) is 4.52. The van der Waals surface area contributed by atoms with Gasteiger partial charge < -0.3 is 10.1 Å². The van der Waals surface area contributed by atoms with Crippen LogP contribution in [0, 0.1) is 12.3 Å². The summed E-state index contributed by atoms with van der Waals surface area (Å²) >= 11 is 0. The van der Waals surface area contributed by atoms with E-state index in [1.807, 2.05) is 20.8 Å². The Bertz CT molecular complexity index is 385. The Hall–Kier alpha value is -1.76. The van der Waals surface area contributed by atoms with Gasteiger partial charge in [0.15, 0.2) is 5.60 Å². The standard InChI is InChI=1S/C12H17N3O/c1-6-9-14-10(13-5)8-11(15-9)16-12(3,4)7-2/h2,8H,6H2,1,3-5H3,(H,13,14,15). The third-order valence-electron chi connectivity index (χ3n) is 2.03. The van der Waals surface area contributed by atoms with Crippen LogP contribution in [0.2, 0.25) is 0 Å². The molecule has 0 unspecified atom stereocenters. The minimum atomic E-state index is -0.662. The first-order valence-electron chi connectivity index (χ1n) is 5.23. The molecular formula is C12H17N3O. The van der Waals surface area contributed by atoms with Crippen LogP contribution < -0.4 is 10.1 Å². The lowest BCUT2D eigenvalue weighted by Gasteiger charge is -2.19. The molecule has 1 aromatic rings. The highest BCUT2D eigenvalue weighted by Crippen LogP contribution is 2.18. The van der Waals surface area contributed by atoms with Crippen molar-refractivity contribution in [2.75, 3.05) is 12.4 Å². The highest BCUT2D eigenvalue weighted by molar-refractivity contribution is 5.38. The van der Waals surface area contributed by atoms with Gasteiger partial charge in [-0.15, -0.1) is 6.42 Å². The molecule has 1 aromatic heterocycles. The zero-order chi connectivity index (χ0) is 12.2. The van der Waals surface area contributed by atoms with Crippen molar-refractivity contribution in [1.82, 2.24) is 9.97 Å². The first kappa shape index (κ1) is 12.3. The maximum Gasteiger partial charge on any atom is 0.220 e. The Labute approximate surface area is 96.5 Å². The van der Waals surface area contributed by atoms with Crippen LogP contribution in [-0.4, -0.2) is 22.6 Å². The van der Waals surface area contributed by atoms with Crippen LogP contribution >= 0.6 is 0 Å². The van der Waals surface area contributed by atoms with Gasteiger partial charge in [0.25, 0.3) is 0 Å². The number of nitrogens with zero attached hydrogens (tertiary/aromatic N) is 2. The van der Waals surface area contributed by atoms with Gasteiger partial charge in [-0.3, -0.25) is 0 Å². The fourth-order valence-corrected chi connectivity index (χ4v) is 1.10. The van der Waals surface area contributed by atoms with Gasteiger partial charge in [0.1, 0.15) is 11.6 Å².